The van der Waals surface area contributed by atoms with Gasteiger partial charge in [-0.2, -0.15) is 0 Å². The number of hydrogen-bond acceptors (Lipinski definition) is 3. The Labute approximate surface area is 116 Å². The largest absolute Gasteiger partial charge is 0.338 e. The van der Waals surface area contributed by atoms with Gasteiger partial charge in [0.1, 0.15) is 0 Å². The van der Waals surface area contributed by atoms with E-state index >= 15 is 0 Å². The van der Waals surface area contributed by atoms with Crippen LogP contribution in [0.4, 0.5) is 0 Å². The Hall–Kier alpha value is -0.610. The third-order valence-corrected chi connectivity index (χ3v) is 5.21. The fraction of sp³-hybridized carbons (Fsp3) is 0.933. The lowest BCUT2D eigenvalue weighted by molar-refractivity contribution is -0.135. The van der Waals surface area contributed by atoms with Crippen molar-refractivity contribution < 1.29 is 4.79 Å². The van der Waals surface area contributed by atoms with Crippen molar-refractivity contribution in [3.05, 3.63) is 0 Å². The van der Waals surface area contributed by atoms with Crippen molar-refractivity contribution in [3.8, 4) is 0 Å². The maximum Gasteiger partial charge on any atom is 0.240 e. The van der Waals surface area contributed by atoms with E-state index in [-0.39, 0.29) is 6.04 Å². The molecule has 19 heavy (non-hydrogen) atoms. The molecule has 2 aliphatic heterocycles. The second-order valence-corrected chi connectivity index (χ2v) is 6.72. The molecule has 1 N–H and O–H groups in total. The first-order valence-electron chi connectivity index (χ1n) is 7.94. The van der Waals surface area contributed by atoms with Crippen molar-refractivity contribution in [2.24, 2.45) is 5.92 Å². The molecule has 3 aliphatic rings. The summed E-state index contributed by atoms with van der Waals surface area (Å²) >= 11 is 0. The predicted octanol–water partition coefficient (Wildman–Crippen LogP) is 1.07. The summed E-state index contributed by atoms with van der Waals surface area (Å²) in [6.07, 6.45) is 4.81. The molecule has 4 nitrogen and oxygen atoms in total. The summed E-state index contributed by atoms with van der Waals surface area (Å²) in [4.78, 5) is 17.2. The molecule has 1 saturated carbocycles. The van der Waals surface area contributed by atoms with Crippen LogP contribution >= 0.6 is 0 Å². The quantitative estimate of drug-likeness (QED) is 0.829. The van der Waals surface area contributed by atoms with Gasteiger partial charge in [0.2, 0.25) is 5.91 Å². The fourth-order valence-electron chi connectivity index (χ4n) is 3.62. The highest BCUT2D eigenvalue weighted by Crippen LogP contribution is 2.30. The minimum atomic E-state index is 0.170. The van der Waals surface area contributed by atoms with Crippen LogP contribution in [0.3, 0.4) is 0 Å². The standard InChI is InChI=1S/C15H27N3O/c1-11(2)13-10-17(9-7-16-13)14-6-8-18(15(14)19)12-4-3-5-12/h11-14,16H,3-10H2,1-2H3/t13-,14?/m1/s1. The lowest BCUT2D eigenvalue weighted by atomic mass is 9.92. The Balaban J connectivity index is 1.61. The SMILES string of the molecule is CC(C)[C@H]1CN(C2CCN(C3CCC3)C2=O)CCN1. The summed E-state index contributed by atoms with van der Waals surface area (Å²) in [5, 5.41) is 3.58. The number of likely N-dealkylation sites (tertiary alicyclic amines) is 1. The van der Waals surface area contributed by atoms with Gasteiger partial charge in [-0.15, -0.1) is 0 Å². The molecule has 1 amide bonds. The van der Waals surface area contributed by atoms with E-state index in [2.05, 4.69) is 29.0 Å². The van der Waals surface area contributed by atoms with E-state index in [1.165, 1.54) is 19.3 Å². The van der Waals surface area contributed by atoms with E-state index in [1.807, 2.05) is 0 Å². The molecule has 108 valence electrons. The lowest BCUT2D eigenvalue weighted by Gasteiger charge is -2.39. The van der Waals surface area contributed by atoms with Gasteiger partial charge in [-0.3, -0.25) is 9.69 Å². The third kappa shape index (κ3) is 2.52. The minimum Gasteiger partial charge on any atom is -0.338 e. The van der Waals surface area contributed by atoms with Crippen LogP contribution in [0.15, 0.2) is 0 Å². The van der Waals surface area contributed by atoms with Gasteiger partial charge in [0, 0.05) is 38.3 Å². The molecular formula is C15H27N3O. The van der Waals surface area contributed by atoms with Crippen molar-refractivity contribution in [2.45, 2.75) is 57.7 Å². The topological polar surface area (TPSA) is 35.6 Å². The highest BCUT2D eigenvalue weighted by atomic mass is 16.2. The highest BCUT2D eigenvalue weighted by molar-refractivity contribution is 5.84. The second-order valence-electron chi connectivity index (χ2n) is 6.72. The average molecular weight is 265 g/mol. The molecule has 2 saturated heterocycles. The van der Waals surface area contributed by atoms with E-state index in [4.69, 9.17) is 0 Å². The van der Waals surface area contributed by atoms with Crippen LogP contribution in [0.1, 0.15) is 39.5 Å². The van der Waals surface area contributed by atoms with Gasteiger partial charge in [-0.25, -0.2) is 0 Å². The van der Waals surface area contributed by atoms with Crippen LogP contribution in [0.2, 0.25) is 0 Å². The summed E-state index contributed by atoms with van der Waals surface area (Å²) in [5.74, 6) is 1.05. The zero-order chi connectivity index (χ0) is 13.4. The maximum atomic E-state index is 12.6. The van der Waals surface area contributed by atoms with Crippen LogP contribution < -0.4 is 5.32 Å². The van der Waals surface area contributed by atoms with E-state index < -0.39 is 0 Å². The van der Waals surface area contributed by atoms with E-state index in [0.717, 1.165) is 32.6 Å². The zero-order valence-electron chi connectivity index (χ0n) is 12.3. The van der Waals surface area contributed by atoms with E-state index in [9.17, 15) is 4.79 Å². The molecule has 3 fully saturated rings. The number of carbonyl (C=O) groups excluding carboxylic acids is 1. The van der Waals surface area contributed by atoms with Crippen molar-refractivity contribution in [3.63, 3.8) is 0 Å². The number of nitrogens with zero attached hydrogens (tertiary/aromatic N) is 2. The summed E-state index contributed by atoms with van der Waals surface area (Å²) in [5.41, 5.74) is 0. The van der Waals surface area contributed by atoms with Crippen LogP contribution in [-0.2, 0) is 4.79 Å². The van der Waals surface area contributed by atoms with Gasteiger partial charge >= 0.3 is 0 Å². The Morgan fingerprint density at radius 1 is 1.21 bits per heavy atom. The van der Waals surface area contributed by atoms with Gasteiger partial charge in [-0.1, -0.05) is 13.8 Å². The molecular weight excluding hydrogens is 238 g/mol. The van der Waals surface area contributed by atoms with Gasteiger partial charge in [0.25, 0.3) is 0 Å². The Morgan fingerprint density at radius 3 is 2.63 bits per heavy atom. The minimum absolute atomic E-state index is 0.170. The normalized spacial score (nSPS) is 34.1. The first-order valence-corrected chi connectivity index (χ1v) is 7.94. The molecule has 1 aliphatic carbocycles. The fourth-order valence-corrected chi connectivity index (χ4v) is 3.62. The number of piperazine rings is 1. The molecule has 2 atom stereocenters. The van der Waals surface area contributed by atoms with Gasteiger partial charge < -0.3 is 10.2 Å². The molecule has 2 heterocycles. The summed E-state index contributed by atoms with van der Waals surface area (Å²) in [7, 11) is 0. The van der Waals surface area contributed by atoms with E-state index in [1.54, 1.807) is 0 Å². The predicted molar refractivity (Wildman–Crippen MR) is 76.0 cm³/mol. The lowest BCUT2D eigenvalue weighted by Crippen LogP contribution is -2.57. The average Bonchev–Trinajstić information content (AvgIpc) is 2.70. The van der Waals surface area contributed by atoms with Crippen molar-refractivity contribution >= 4 is 5.91 Å². The van der Waals surface area contributed by atoms with Crippen molar-refractivity contribution in [2.75, 3.05) is 26.2 Å². The Bertz CT molecular complexity index is 340. The first-order chi connectivity index (χ1) is 9.16. The van der Waals surface area contributed by atoms with Gasteiger partial charge in [0.05, 0.1) is 6.04 Å². The van der Waals surface area contributed by atoms with Gasteiger partial charge in [-0.05, 0) is 31.6 Å². The second kappa shape index (κ2) is 5.41. The van der Waals surface area contributed by atoms with Crippen molar-refractivity contribution in [1.82, 2.24) is 15.1 Å². The number of hydrogen-bond donors (Lipinski definition) is 1. The number of nitrogens with one attached hydrogen (secondary N) is 1. The molecule has 0 spiro atoms. The Morgan fingerprint density at radius 2 is 2.00 bits per heavy atom. The molecule has 0 aromatic rings. The van der Waals surface area contributed by atoms with Crippen LogP contribution in [0.25, 0.3) is 0 Å². The molecule has 4 heteroatoms. The third-order valence-electron chi connectivity index (χ3n) is 5.21. The number of amides is 1. The Kier molecular flexibility index (Phi) is 3.81. The van der Waals surface area contributed by atoms with Crippen LogP contribution in [0.5, 0.6) is 0 Å². The monoisotopic (exact) mass is 265 g/mol. The smallest absolute Gasteiger partial charge is 0.240 e. The van der Waals surface area contributed by atoms with E-state index in [0.29, 0.717) is 23.9 Å². The summed E-state index contributed by atoms with van der Waals surface area (Å²) < 4.78 is 0. The summed E-state index contributed by atoms with van der Waals surface area (Å²) in [6.45, 7) is 8.60. The number of rotatable bonds is 3. The van der Waals surface area contributed by atoms with Gasteiger partial charge in [0.15, 0.2) is 0 Å². The first kappa shape index (κ1) is 13.4. The van der Waals surface area contributed by atoms with Crippen LogP contribution in [0, 0.1) is 5.92 Å². The molecule has 0 bridgehead atoms. The summed E-state index contributed by atoms with van der Waals surface area (Å²) in [6, 6.07) is 1.28. The number of carbonyl (C=O) groups is 1. The van der Waals surface area contributed by atoms with Crippen LogP contribution in [-0.4, -0.2) is 60.0 Å². The molecule has 0 aromatic heterocycles. The molecule has 0 radical (unpaired) electrons. The molecule has 1 unspecified atom stereocenters. The van der Waals surface area contributed by atoms with Crippen molar-refractivity contribution in [1.29, 1.82) is 0 Å². The maximum absolute atomic E-state index is 12.6. The zero-order valence-corrected chi connectivity index (χ0v) is 12.3. The highest BCUT2D eigenvalue weighted by Gasteiger charge is 2.41. The molecule has 3 rings (SSSR count). The molecule has 0 aromatic carbocycles.